The molecule has 20 heavy (non-hydrogen) atoms. The Morgan fingerprint density at radius 2 is 2.20 bits per heavy atom. The van der Waals surface area contributed by atoms with Gasteiger partial charge < -0.3 is 9.47 Å². The first-order chi connectivity index (χ1) is 9.64. The summed E-state index contributed by atoms with van der Waals surface area (Å²) >= 11 is 6.16. The van der Waals surface area contributed by atoms with Gasteiger partial charge >= 0.3 is 0 Å². The standard InChI is InChI=1S/C14H21ClN2O3/c1-3-20-14(6-4-5-7-14)13(18)12-11(15)10-16-17(12)8-9-19-2/h10H,3-9H2,1-2H3. The van der Waals surface area contributed by atoms with Gasteiger partial charge in [-0.2, -0.15) is 5.10 Å². The Morgan fingerprint density at radius 1 is 1.50 bits per heavy atom. The molecule has 2 rings (SSSR count). The first-order valence-corrected chi connectivity index (χ1v) is 7.41. The normalized spacial score (nSPS) is 17.6. The fraction of sp³-hybridized carbons (Fsp3) is 0.714. The molecule has 1 aliphatic rings. The minimum atomic E-state index is -0.719. The lowest BCUT2D eigenvalue weighted by Crippen LogP contribution is -2.40. The number of hydrogen-bond donors (Lipinski definition) is 0. The summed E-state index contributed by atoms with van der Waals surface area (Å²) in [7, 11) is 1.62. The summed E-state index contributed by atoms with van der Waals surface area (Å²) in [5, 5.41) is 4.55. The van der Waals surface area contributed by atoms with Gasteiger partial charge in [0.15, 0.2) is 0 Å². The first kappa shape index (κ1) is 15.5. The van der Waals surface area contributed by atoms with Crippen molar-refractivity contribution >= 4 is 17.4 Å². The van der Waals surface area contributed by atoms with Gasteiger partial charge in [0.2, 0.25) is 5.78 Å². The number of ether oxygens (including phenoxy) is 2. The van der Waals surface area contributed by atoms with Crippen molar-refractivity contribution in [2.24, 2.45) is 0 Å². The third-order valence-electron chi connectivity index (χ3n) is 3.76. The largest absolute Gasteiger partial charge is 0.383 e. The summed E-state index contributed by atoms with van der Waals surface area (Å²) < 4.78 is 12.5. The molecule has 1 aromatic rings. The van der Waals surface area contributed by atoms with Crippen LogP contribution >= 0.6 is 11.6 Å². The van der Waals surface area contributed by atoms with Gasteiger partial charge in [-0.15, -0.1) is 0 Å². The van der Waals surface area contributed by atoms with E-state index in [1.54, 1.807) is 11.8 Å². The van der Waals surface area contributed by atoms with Gasteiger partial charge in [0.1, 0.15) is 11.3 Å². The van der Waals surface area contributed by atoms with Crippen molar-refractivity contribution in [3.05, 3.63) is 16.9 Å². The third-order valence-corrected chi connectivity index (χ3v) is 4.04. The third kappa shape index (κ3) is 2.90. The van der Waals surface area contributed by atoms with Gasteiger partial charge in [0.05, 0.1) is 24.4 Å². The van der Waals surface area contributed by atoms with Crippen molar-refractivity contribution in [1.29, 1.82) is 0 Å². The number of carbonyl (C=O) groups is 1. The summed E-state index contributed by atoms with van der Waals surface area (Å²) in [4.78, 5) is 12.9. The topological polar surface area (TPSA) is 53.3 Å². The maximum atomic E-state index is 12.9. The van der Waals surface area contributed by atoms with E-state index in [9.17, 15) is 4.79 Å². The number of hydrogen-bond acceptors (Lipinski definition) is 4. The predicted octanol–water partition coefficient (Wildman–Crippen LogP) is 2.71. The van der Waals surface area contributed by atoms with E-state index in [0.717, 1.165) is 25.7 Å². The molecule has 112 valence electrons. The maximum Gasteiger partial charge on any atom is 0.214 e. The molecule has 0 radical (unpaired) electrons. The van der Waals surface area contributed by atoms with E-state index < -0.39 is 5.60 Å². The van der Waals surface area contributed by atoms with E-state index in [0.29, 0.717) is 30.5 Å². The summed E-state index contributed by atoms with van der Waals surface area (Å²) in [6.45, 7) is 3.43. The molecule has 1 aromatic heterocycles. The Hall–Kier alpha value is -0.910. The molecule has 0 amide bonds. The molecule has 0 bridgehead atoms. The number of rotatable bonds is 7. The Labute approximate surface area is 124 Å². The molecule has 0 N–H and O–H groups in total. The Kier molecular flexibility index (Phi) is 5.18. The van der Waals surface area contributed by atoms with E-state index in [2.05, 4.69) is 5.10 Å². The number of halogens is 1. The lowest BCUT2D eigenvalue weighted by molar-refractivity contribution is -0.0171. The molecule has 0 aromatic carbocycles. The zero-order chi connectivity index (χ0) is 14.6. The van der Waals surface area contributed by atoms with Crippen LogP contribution in [0, 0.1) is 0 Å². The molecule has 0 spiro atoms. The second-order valence-corrected chi connectivity index (χ2v) is 5.43. The Bertz CT molecular complexity index is 467. The number of ketones is 1. The molecule has 1 aliphatic carbocycles. The highest BCUT2D eigenvalue weighted by Crippen LogP contribution is 2.37. The summed E-state index contributed by atoms with van der Waals surface area (Å²) in [6, 6.07) is 0. The van der Waals surface area contributed by atoms with E-state index in [4.69, 9.17) is 21.1 Å². The number of carbonyl (C=O) groups excluding carboxylic acids is 1. The van der Waals surface area contributed by atoms with Crippen LogP contribution in [0.5, 0.6) is 0 Å². The molecule has 6 heteroatoms. The van der Waals surface area contributed by atoms with Crippen LogP contribution in [-0.4, -0.2) is 41.5 Å². The van der Waals surface area contributed by atoms with Crippen LogP contribution < -0.4 is 0 Å². The molecular formula is C14H21ClN2O3. The van der Waals surface area contributed by atoms with Crippen molar-refractivity contribution in [2.45, 2.75) is 44.8 Å². The number of nitrogens with zero attached hydrogens (tertiary/aromatic N) is 2. The van der Waals surface area contributed by atoms with Crippen molar-refractivity contribution < 1.29 is 14.3 Å². The van der Waals surface area contributed by atoms with Crippen LogP contribution in [0.25, 0.3) is 0 Å². The van der Waals surface area contributed by atoms with Crippen LogP contribution in [0.4, 0.5) is 0 Å². The average Bonchev–Trinajstić information content (AvgIpc) is 3.04. The van der Waals surface area contributed by atoms with Gasteiger partial charge in [0, 0.05) is 13.7 Å². The monoisotopic (exact) mass is 300 g/mol. The molecule has 0 atom stereocenters. The second kappa shape index (κ2) is 6.70. The van der Waals surface area contributed by atoms with E-state index in [1.165, 1.54) is 6.20 Å². The minimum absolute atomic E-state index is 0.0459. The Balaban J connectivity index is 2.29. The molecular weight excluding hydrogens is 280 g/mol. The molecule has 1 heterocycles. The zero-order valence-electron chi connectivity index (χ0n) is 12.0. The fourth-order valence-corrected chi connectivity index (χ4v) is 3.04. The second-order valence-electron chi connectivity index (χ2n) is 5.02. The van der Waals surface area contributed by atoms with Crippen LogP contribution in [0.3, 0.4) is 0 Å². The van der Waals surface area contributed by atoms with Crippen LogP contribution in [0.1, 0.15) is 43.1 Å². The van der Waals surface area contributed by atoms with Crippen LogP contribution in [0.15, 0.2) is 6.20 Å². The highest BCUT2D eigenvalue weighted by molar-refractivity contribution is 6.34. The lowest BCUT2D eigenvalue weighted by Gasteiger charge is -2.27. The lowest BCUT2D eigenvalue weighted by atomic mass is 9.93. The minimum Gasteiger partial charge on any atom is -0.383 e. The van der Waals surface area contributed by atoms with Crippen molar-refractivity contribution in [1.82, 2.24) is 9.78 Å². The molecule has 5 nitrogen and oxygen atoms in total. The number of Topliss-reactive ketones (excluding diaryl/α,β-unsaturated/α-hetero) is 1. The predicted molar refractivity (Wildman–Crippen MR) is 76.3 cm³/mol. The maximum absolute atomic E-state index is 12.9. The van der Waals surface area contributed by atoms with Crippen molar-refractivity contribution in [2.75, 3.05) is 20.3 Å². The van der Waals surface area contributed by atoms with Crippen LogP contribution in [-0.2, 0) is 16.0 Å². The zero-order valence-corrected chi connectivity index (χ0v) is 12.8. The summed E-state index contributed by atoms with van der Waals surface area (Å²) in [5.41, 5.74) is -0.275. The van der Waals surface area contributed by atoms with E-state index in [1.807, 2.05) is 6.92 Å². The van der Waals surface area contributed by atoms with Crippen molar-refractivity contribution in [3.8, 4) is 0 Å². The molecule has 0 unspecified atom stereocenters. The highest BCUT2D eigenvalue weighted by atomic mass is 35.5. The number of methoxy groups -OCH3 is 1. The SMILES string of the molecule is CCOC1(C(=O)c2c(Cl)cnn2CCOC)CCCC1. The summed E-state index contributed by atoms with van der Waals surface area (Å²) in [5.74, 6) is -0.0459. The van der Waals surface area contributed by atoms with E-state index in [-0.39, 0.29) is 5.78 Å². The van der Waals surface area contributed by atoms with Gasteiger partial charge in [0.25, 0.3) is 0 Å². The van der Waals surface area contributed by atoms with Crippen LogP contribution in [0.2, 0.25) is 5.02 Å². The van der Waals surface area contributed by atoms with Gasteiger partial charge in [-0.25, -0.2) is 0 Å². The van der Waals surface area contributed by atoms with Crippen molar-refractivity contribution in [3.63, 3.8) is 0 Å². The van der Waals surface area contributed by atoms with E-state index >= 15 is 0 Å². The molecule has 1 fully saturated rings. The van der Waals surface area contributed by atoms with Gasteiger partial charge in [-0.1, -0.05) is 11.6 Å². The first-order valence-electron chi connectivity index (χ1n) is 7.03. The smallest absolute Gasteiger partial charge is 0.214 e. The molecule has 1 saturated carbocycles. The molecule has 0 aliphatic heterocycles. The Morgan fingerprint density at radius 3 is 2.80 bits per heavy atom. The number of aromatic nitrogens is 2. The van der Waals surface area contributed by atoms with Gasteiger partial charge in [-0.05, 0) is 32.6 Å². The average molecular weight is 301 g/mol. The molecule has 0 saturated heterocycles. The summed E-state index contributed by atoms with van der Waals surface area (Å²) in [6.07, 6.45) is 5.04. The van der Waals surface area contributed by atoms with Gasteiger partial charge in [-0.3, -0.25) is 9.48 Å². The highest BCUT2D eigenvalue weighted by Gasteiger charge is 2.44. The fourth-order valence-electron chi connectivity index (χ4n) is 2.81. The quantitative estimate of drug-likeness (QED) is 0.727.